The molecule has 0 saturated heterocycles. The Morgan fingerprint density at radius 1 is 1.15 bits per heavy atom. The standard InChI is InChI=1S/C18H11Cl2N3O2S/c1-25-12-5-2-10(3-6-12)8-15-17(24)23-18(26-15)21-16(22-23)13-7-4-11(19)9-14(13)20/h2-9H,1H3/b15-8+. The molecule has 5 nitrogen and oxygen atoms in total. The molecular formula is C18H11Cl2N3O2S. The van der Waals surface area contributed by atoms with Crippen LogP contribution in [0.15, 0.2) is 47.3 Å². The summed E-state index contributed by atoms with van der Waals surface area (Å²) in [6.07, 6.45) is 1.80. The second-order valence-corrected chi connectivity index (χ2v) is 7.30. The van der Waals surface area contributed by atoms with Crippen LogP contribution in [0.4, 0.5) is 0 Å². The summed E-state index contributed by atoms with van der Waals surface area (Å²) < 4.78 is 6.98. The van der Waals surface area contributed by atoms with Crippen LogP contribution in [0, 0.1) is 0 Å². The first-order chi connectivity index (χ1) is 12.5. The lowest BCUT2D eigenvalue weighted by Gasteiger charge is -1.99. The third-order valence-electron chi connectivity index (χ3n) is 3.77. The molecule has 0 fully saturated rings. The lowest BCUT2D eigenvalue weighted by molar-refractivity contribution is 0.415. The van der Waals surface area contributed by atoms with Gasteiger partial charge in [0.2, 0.25) is 4.96 Å². The third-order valence-corrected chi connectivity index (χ3v) is 5.27. The molecule has 26 heavy (non-hydrogen) atoms. The molecule has 2 heterocycles. The lowest BCUT2D eigenvalue weighted by atomic mass is 10.2. The van der Waals surface area contributed by atoms with E-state index >= 15 is 0 Å². The van der Waals surface area contributed by atoms with Crippen LogP contribution >= 0.6 is 34.5 Å². The molecule has 0 aliphatic carbocycles. The number of aromatic nitrogens is 3. The number of thiazole rings is 1. The van der Waals surface area contributed by atoms with Gasteiger partial charge in [-0.15, -0.1) is 5.10 Å². The third kappa shape index (κ3) is 3.07. The highest BCUT2D eigenvalue weighted by molar-refractivity contribution is 7.15. The van der Waals surface area contributed by atoms with Crippen molar-refractivity contribution < 1.29 is 4.74 Å². The van der Waals surface area contributed by atoms with E-state index in [-0.39, 0.29) is 5.56 Å². The Labute approximate surface area is 162 Å². The van der Waals surface area contributed by atoms with E-state index in [0.717, 1.165) is 11.3 Å². The quantitative estimate of drug-likeness (QED) is 0.523. The predicted molar refractivity (Wildman–Crippen MR) is 104 cm³/mol. The van der Waals surface area contributed by atoms with E-state index in [1.165, 1.54) is 15.9 Å². The Bertz CT molecular complexity index is 1220. The second kappa shape index (κ2) is 6.72. The molecule has 0 spiro atoms. The van der Waals surface area contributed by atoms with Crippen LogP contribution < -0.4 is 14.8 Å². The Morgan fingerprint density at radius 2 is 1.92 bits per heavy atom. The number of halogens is 2. The molecule has 2 aromatic heterocycles. The molecule has 0 bridgehead atoms. The van der Waals surface area contributed by atoms with E-state index in [4.69, 9.17) is 27.9 Å². The van der Waals surface area contributed by atoms with Crippen molar-refractivity contribution in [3.8, 4) is 17.1 Å². The fourth-order valence-electron chi connectivity index (χ4n) is 2.47. The minimum Gasteiger partial charge on any atom is -0.497 e. The molecule has 130 valence electrons. The predicted octanol–water partition coefficient (Wildman–Crippen LogP) is 3.68. The summed E-state index contributed by atoms with van der Waals surface area (Å²) in [6, 6.07) is 12.5. The van der Waals surface area contributed by atoms with Crippen LogP contribution in [0.5, 0.6) is 5.75 Å². The van der Waals surface area contributed by atoms with Crippen LogP contribution in [-0.4, -0.2) is 21.7 Å². The van der Waals surface area contributed by atoms with E-state index in [1.54, 1.807) is 31.4 Å². The van der Waals surface area contributed by atoms with Crippen molar-refractivity contribution in [3.63, 3.8) is 0 Å². The molecule has 0 N–H and O–H groups in total. The fraction of sp³-hybridized carbons (Fsp3) is 0.0556. The topological polar surface area (TPSA) is 56.5 Å². The van der Waals surface area contributed by atoms with Gasteiger partial charge < -0.3 is 4.74 Å². The van der Waals surface area contributed by atoms with E-state index in [9.17, 15) is 4.79 Å². The Morgan fingerprint density at radius 3 is 2.58 bits per heavy atom. The number of nitrogens with zero attached hydrogens (tertiary/aromatic N) is 3. The van der Waals surface area contributed by atoms with Gasteiger partial charge in [-0.1, -0.05) is 46.7 Å². The summed E-state index contributed by atoms with van der Waals surface area (Å²) in [6.45, 7) is 0. The minimum absolute atomic E-state index is 0.218. The van der Waals surface area contributed by atoms with Crippen LogP contribution in [0.2, 0.25) is 10.0 Å². The van der Waals surface area contributed by atoms with Crippen molar-refractivity contribution >= 4 is 45.6 Å². The van der Waals surface area contributed by atoms with Gasteiger partial charge >= 0.3 is 0 Å². The summed E-state index contributed by atoms with van der Waals surface area (Å²) in [5.41, 5.74) is 1.31. The zero-order valence-electron chi connectivity index (χ0n) is 13.4. The van der Waals surface area contributed by atoms with Gasteiger partial charge in [-0.05, 0) is 42.0 Å². The van der Waals surface area contributed by atoms with Gasteiger partial charge in [0.25, 0.3) is 5.56 Å². The molecule has 0 radical (unpaired) electrons. The zero-order valence-corrected chi connectivity index (χ0v) is 15.8. The summed E-state index contributed by atoms with van der Waals surface area (Å²) in [7, 11) is 1.61. The molecular weight excluding hydrogens is 393 g/mol. The average molecular weight is 404 g/mol. The molecule has 0 amide bonds. The van der Waals surface area contributed by atoms with E-state index in [0.29, 0.717) is 30.9 Å². The summed E-state index contributed by atoms with van der Waals surface area (Å²) >= 11 is 13.4. The van der Waals surface area contributed by atoms with Gasteiger partial charge in [-0.3, -0.25) is 4.79 Å². The van der Waals surface area contributed by atoms with Gasteiger partial charge in [0.1, 0.15) is 5.75 Å². The molecule has 2 aromatic carbocycles. The monoisotopic (exact) mass is 403 g/mol. The van der Waals surface area contributed by atoms with Crippen molar-refractivity contribution in [1.29, 1.82) is 0 Å². The molecule has 4 rings (SSSR count). The smallest absolute Gasteiger partial charge is 0.291 e. The fourth-order valence-corrected chi connectivity index (χ4v) is 3.87. The number of hydrogen-bond donors (Lipinski definition) is 0. The first kappa shape index (κ1) is 17.0. The van der Waals surface area contributed by atoms with Crippen molar-refractivity contribution in [2.24, 2.45) is 0 Å². The molecule has 8 heteroatoms. The van der Waals surface area contributed by atoms with Gasteiger partial charge in [-0.25, -0.2) is 0 Å². The molecule has 0 unspecified atom stereocenters. The van der Waals surface area contributed by atoms with Gasteiger partial charge in [0.05, 0.1) is 16.7 Å². The number of hydrogen-bond acceptors (Lipinski definition) is 5. The Hall–Kier alpha value is -2.41. The first-order valence-electron chi connectivity index (χ1n) is 7.56. The molecule has 0 aliphatic rings. The molecule has 0 atom stereocenters. The Balaban J connectivity index is 1.78. The highest BCUT2D eigenvalue weighted by atomic mass is 35.5. The first-order valence-corrected chi connectivity index (χ1v) is 9.13. The van der Waals surface area contributed by atoms with Gasteiger partial charge in [-0.2, -0.15) is 9.50 Å². The summed E-state index contributed by atoms with van der Waals surface area (Å²) in [4.78, 5) is 17.5. The summed E-state index contributed by atoms with van der Waals surface area (Å²) in [5.74, 6) is 1.16. The molecule has 4 aromatic rings. The van der Waals surface area contributed by atoms with Crippen molar-refractivity contribution in [2.45, 2.75) is 0 Å². The zero-order chi connectivity index (χ0) is 18.3. The number of fused-ring (bicyclic) bond motifs is 1. The average Bonchev–Trinajstić information content (AvgIpc) is 3.15. The Kier molecular flexibility index (Phi) is 4.40. The van der Waals surface area contributed by atoms with Crippen LogP contribution in [0.3, 0.4) is 0 Å². The van der Waals surface area contributed by atoms with E-state index in [2.05, 4.69) is 10.1 Å². The maximum atomic E-state index is 12.6. The SMILES string of the molecule is COc1ccc(/C=c2/sc3nc(-c4ccc(Cl)cc4Cl)nn3c2=O)cc1. The number of rotatable bonds is 3. The second-order valence-electron chi connectivity index (χ2n) is 5.44. The van der Waals surface area contributed by atoms with Crippen LogP contribution in [-0.2, 0) is 0 Å². The highest BCUT2D eigenvalue weighted by Gasteiger charge is 2.14. The van der Waals surface area contributed by atoms with Crippen LogP contribution in [0.25, 0.3) is 22.4 Å². The molecule has 0 aliphatic heterocycles. The summed E-state index contributed by atoms with van der Waals surface area (Å²) in [5, 5.41) is 5.27. The highest BCUT2D eigenvalue weighted by Crippen LogP contribution is 2.28. The van der Waals surface area contributed by atoms with Crippen molar-refractivity contribution in [1.82, 2.24) is 14.6 Å². The van der Waals surface area contributed by atoms with Crippen LogP contribution in [0.1, 0.15) is 5.56 Å². The minimum atomic E-state index is -0.218. The van der Waals surface area contributed by atoms with E-state index in [1.807, 2.05) is 24.3 Å². The number of ether oxygens (including phenoxy) is 1. The molecule has 0 saturated carbocycles. The maximum absolute atomic E-state index is 12.6. The number of methoxy groups -OCH3 is 1. The number of benzene rings is 2. The van der Waals surface area contributed by atoms with Crippen molar-refractivity contribution in [2.75, 3.05) is 7.11 Å². The van der Waals surface area contributed by atoms with E-state index < -0.39 is 0 Å². The van der Waals surface area contributed by atoms with Gasteiger partial charge in [0, 0.05) is 10.6 Å². The lowest BCUT2D eigenvalue weighted by Crippen LogP contribution is -2.23. The van der Waals surface area contributed by atoms with Crippen molar-refractivity contribution in [3.05, 3.63) is 73.0 Å². The van der Waals surface area contributed by atoms with Gasteiger partial charge in [0.15, 0.2) is 5.82 Å². The maximum Gasteiger partial charge on any atom is 0.291 e. The normalized spacial score (nSPS) is 12.0. The largest absolute Gasteiger partial charge is 0.497 e.